The molecule has 2 atom stereocenters. The molecule has 0 aromatic heterocycles. The lowest BCUT2D eigenvalue weighted by Crippen LogP contribution is -2.50. The van der Waals surface area contributed by atoms with Gasteiger partial charge in [0, 0.05) is 13.2 Å². The normalized spacial score (nSPS) is 28.2. The molecule has 0 aromatic rings. The van der Waals surface area contributed by atoms with Crippen molar-refractivity contribution in [1.29, 1.82) is 0 Å². The number of ether oxygens (including phenoxy) is 2. The second kappa shape index (κ2) is 6.18. The van der Waals surface area contributed by atoms with Gasteiger partial charge in [-0.1, -0.05) is 0 Å². The van der Waals surface area contributed by atoms with Gasteiger partial charge in [-0.25, -0.2) is 4.79 Å². The number of hydrogen-bond donors (Lipinski definition) is 0. The van der Waals surface area contributed by atoms with Gasteiger partial charge in [0.15, 0.2) is 0 Å². The van der Waals surface area contributed by atoms with Gasteiger partial charge in [0.05, 0.1) is 19.1 Å². The highest BCUT2D eigenvalue weighted by molar-refractivity contribution is 5.86. The molecule has 0 aromatic carbocycles. The van der Waals surface area contributed by atoms with E-state index in [1.165, 1.54) is 0 Å². The summed E-state index contributed by atoms with van der Waals surface area (Å²) in [6.45, 7) is 3.96. The minimum absolute atomic E-state index is 0.0604. The number of likely N-dealkylation sites (tertiary alicyclic amines) is 1. The zero-order chi connectivity index (χ0) is 13.0. The van der Waals surface area contributed by atoms with Crippen LogP contribution in [-0.2, 0) is 19.1 Å². The molecule has 5 heteroatoms. The molecule has 2 heterocycles. The molecule has 102 valence electrons. The number of hydrogen-bond acceptors (Lipinski definition) is 4. The van der Waals surface area contributed by atoms with Crippen LogP contribution in [0.3, 0.4) is 0 Å². The van der Waals surface area contributed by atoms with Gasteiger partial charge in [-0.05, 0) is 32.6 Å². The quantitative estimate of drug-likeness (QED) is 0.705. The molecule has 5 nitrogen and oxygen atoms in total. The molecule has 2 unspecified atom stereocenters. The first-order valence-electron chi connectivity index (χ1n) is 6.79. The monoisotopic (exact) mass is 255 g/mol. The van der Waals surface area contributed by atoms with Crippen molar-refractivity contribution in [3.05, 3.63) is 0 Å². The Hall–Kier alpha value is -1.10. The summed E-state index contributed by atoms with van der Waals surface area (Å²) in [5.74, 6) is -0.269. The molecule has 0 radical (unpaired) electrons. The maximum absolute atomic E-state index is 12.4. The molecule has 0 saturated carbocycles. The number of carbonyl (C=O) groups excluding carboxylic acids is 2. The zero-order valence-corrected chi connectivity index (χ0v) is 10.9. The summed E-state index contributed by atoms with van der Waals surface area (Å²) in [6.07, 6.45) is 3.44. The first-order chi connectivity index (χ1) is 8.74. The molecule has 0 spiro atoms. The predicted octanol–water partition coefficient (Wildman–Crippen LogP) is 0.967. The van der Waals surface area contributed by atoms with E-state index in [9.17, 15) is 9.59 Å². The molecule has 1 amide bonds. The van der Waals surface area contributed by atoms with Crippen LogP contribution < -0.4 is 0 Å². The third-order valence-electron chi connectivity index (χ3n) is 3.62. The van der Waals surface area contributed by atoms with Crippen molar-refractivity contribution in [3.63, 3.8) is 0 Å². The number of amides is 1. The lowest BCUT2D eigenvalue weighted by atomic mass is 9.98. The SMILES string of the molecule is CCOC(=O)C1CCCCN1C(=O)C1CCOC1. The van der Waals surface area contributed by atoms with E-state index < -0.39 is 0 Å². The Labute approximate surface area is 107 Å². The maximum atomic E-state index is 12.4. The van der Waals surface area contributed by atoms with Gasteiger partial charge in [0.2, 0.25) is 5.91 Å². The first kappa shape index (κ1) is 13.3. The molecule has 2 aliphatic rings. The summed E-state index contributed by atoms with van der Waals surface area (Å²) in [7, 11) is 0. The van der Waals surface area contributed by atoms with Crippen molar-refractivity contribution >= 4 is 11.9 Å². The largest absolute Gasteiger partial charge is 0.464 e. The molecule has 2 rings (SSSR count). The lowest BCUT2D eigenvalue weighted by Gasteiger charge is -2.35. The number of piperidine rings is 1. The molecular formula is C13H21NO4. The van der Waals surface area contributed by atoms with Crippen LogP contribution in [0.1, 0.15) is 32.6 Å². The summed E-state index contributed by atoms with van der Waals surface area (Å²) in [5.41, 5.74) is 0. The van der Waals surface area contributed by atoms with Crippen molar-refractivity contribution in [3.8, 4) is 0 Å². The van der Waals surface area contributed by atoms with Gasteiger partial charge in [-0.15, -0.1) is 0 Å². The summed E-state index contributed by atoms with van der Waals surface area (Å²) in [6, 6.07) is -0.383. The van der Waals surface area contributed by atoms with E-state index in [2.05, 4.69) is 0 Å². The van der Waals surface area contributed by atoms with Crippen LogP contribution >= 0.6 is 0 Å². The maximum Gasteiger partial charge on any atom is 0.328 e. The Balaban J connectivity index is 2.02. The fourth-order valence-corrected chi connectivity index (χ4v) is 2.64. The Kier molecular flexibility index (Phi) is 4.58. The van der Waals surface area contributed by atoms with Gasteiger partial charge in [0.25, 0.3) is 0 Å². The number of nitrogens with zero attached hydrogens (tertiary/aromatic N) is 1. The molecule has 2 saturated heterocycles. The van der Waals surface area contributed by atoms with Crippen LogP contribution in [0.5, 0.6) is 0 Å². The van der Waals surface area contributed by atoms with E-state index in [1.54, 1.807) is 11.8 Å². The van der Waals surface area contributed by atoms with Crippen LogP contribution in [-0.4, -0.2) is 49.2 Å². The average molecular weight is 255 g/mol. The summed E-state index contributed by atoms with van der Waals surface area (Å²) >= 11 is 0. The molecule has 18 heavy (non-hydrogen) atoms. The molecule has 2 aliphatic heterocycles. The van der Waals surface area contributed by atoms with Crippen LogP contribution in [0.25, 0.3) is 0 Å². The van der Waals surface area contributed by atoms with Crippen LogP contribution in [0.4, 0.5) is 0 Å². The van der Waals surface area contributed by atoms with Gasteiger partial charge < -0.3 is 14.4 Å². The van der Waals surface area contributed by atoms with Gasteiger partial charge in [-0.2, -0.15) is 0 Å². The molecule has 0 N–H and O–H groups in total. The van der Waals surface area contributed by atoms with Crippen molar-refractivity contribution in [2.75, 3.05) is 26.4 Å². The Bertz CT molecular complexity index is 312. The topological polar surface area (TPSA) is 55.8 Å². The number of rotatable bonds is 3. The van der Waals surface area contributed by atoms with E-state index in [0.29, 0.717) is 26.4 Å². The predicted molar refractivity (Wildman–Crippen MR) is 64.9 cm³/mol. The van der Waals surface area contributed by atoms with Gasteiger partial charge in [0.1, 0.15) is 6.04 Å². The van der Waals surface area contributed by atoms with E-state index in [0.717, 1.165) is 25.7 Å². The summed E-state index contributed by atoms with van der Waals surface area (Å²) < 4.78 is 10.3. The summed E-state index contributed by atoms with van der Waals surface area (Å²) in [4.78, 5) is 25.9. The number of carbonyl (C=O) groups is 2. The first-order valence-corrected chi connectivity index (χ1v) is 6.79. The van der Waals surface area contributed by atoms with E-state index in [1.807, 2.05) is 0 Å². The summed E-state index contributed by atoms with van der Waals surface area (Å²) in [5, 5.41) is 0. The molecule has 0 bridgehead atoms. The minimum atomic E-state index is -0.383. The lowest BCUT2D eigenvalue weighted by molar-refractivity contribution is -0.158. The van der Waals surface area contributed by atoms with Gasteiger partial charge in [-0.3, -0.25) is 4.79 Å². The van der Waals surface area contributed by atoms with E-state index in [-0.39, 0.29) is 23.8 Å². The van der Waals surface area contributed by atoms with E-state index in [4.69, 9.17) is 9.47 Å². The van der Waals surface area contributed by atoms with Crippen LogP contribution in [0, 0.1) is 5.92 Å². The molecule has 2 fully saturated rings. The molecular weight excluding hydrogens is 234 g/mol. The second-order valence-electron chi connectivity index (χ2n) is 4.86. The highest BCUT2D eigenvalue weighted by Gasteiger charge is 2.37. The van der Waals surface area contributed by atoms with Crippen molar-refractivity contribution < 1.29 is 19.1 Å². The van der Waals surface area contributed by atoms with Gasteiger partial charge >= 0.3 is 5.97 Å². The minimum Gasteiger partial charge on any atom is -0.464 e. The Morgan fingerprint density at radius 3 is 2.83 bits per heavy atom. The Morgan fingerprint density at radius 2 is 2.17 bits per heavy atom. The fraction of sp³-hybridized carbons (Fsp3) is 0.846. The highest BCUT2D eigenvalue weighted by atomic mass is 16.5. The van der Waals surface area contributed by atoms with Crippen molar-refractivity contribution in [2.45, 2.75) is 38.6 Å². The number of esters is 1. The van der Waals surface area contributed by atoms with Crippen LogP contribution in [0.15, 0.2) is 0 Å². The second-order valence-corrected chi connectivity index (χ2v) is 4.86. The average Bonchev–Trinajstić information content (AvgIpc) is 2.92. The smallest absolute Gasteiger partial charge is 0.328 e. The third-order valence-corrected chi connectivity index (χ3v) is 3.62. The van der Waals surface area contributed by atoms with Crippen molar-refractivity contribution in [2.24, 2.45) is 5.92 Å². The highest BCUT2D eigenvalue weighted by Crippen LogP contribution is 2.23. The molecule has 0 aliphatic carbocycles. The standard InChI is InChI=1S/C13H21NO4/c1-2-18-13(16)11-5-3-4-7-14(11)12(15)10-6-8-17-9-10/h10-11H,2-9H2,1H3. The fourth-order valence-electron chi connectivity index (χ4n) is 2.64. The zero-order valence-electron chi connectivity index (χ0n) is 10.9. The van der Waals surface area contributed by atoms with Crippen LogP contribution in [0.2, 0.25) is 0 Å². The van der Waals surface area contributed by atoms with Crippen molar-refractivity contribution in [1.82, 2.24) is 4.90 Å². The Morgan fingerprint density at radius 1 is 1.33 bits per heavy atom. The van der Waals surface area contributed by atoms with E-state index >= 15 is 0 Å². The third kappa shape index (κ3) is 2.83.